The number of carbonyl (C=O) groups excluding carboxylic acids is 2. The number of amides is 1. The highest BCUT2D eigenvalue weighted by molar-refractivity contribution is 8.00. The summed E-state index contributed by atoms with van der Waals surface area (Å²) in [6, 6.07) is 2.59. The van der Waals surface area contributed by atoms with Gasteiger partial charge in [-0.05, 0) is 45.2 Å². The zero-order valence-corrected chi connectivity index (χ0v) is 17.9. The average Bonchev–Trinajstić information content (AvgIpc) is 2.39. The molecule has 7 heteroatoms. The molecule has 1 amide bonds. The van der Waals surface area contributed by atoms with Crippen LogP contribution in [0.5, 0.6) is 0 Å². The van der Waals surface area contributed by atoms with Crippen LogP contribution in [-0.4, -0.2) is 22.7 Å². The Hall–Kier alpha value is -1.27. The zero-order chi connectivity index (χ0) is 20.3. The summed E-state index contributed by atoms with van der Waals surface area (Å²) in [5.41, 5.74) is -0.761. The summed E-state index contributed by atoms with van der Waals surface area (Å²) in [4.78, 5) is 24.7. The number of hydrogen-bond acceptors (Lipinski definition) is 4. The molecule has 0 saturated carbocycles. The Morgan fingerprint density at radius 1 is 1.23 bits per heavy atom. The normalized spacial score (nSPS) is 13.3. The molecule has 1 atom stereocenters. The lowest BCUT2D eigenvalue weighted by atomic mass is 9.92. The van der Waals surface area contributed by atoms with Crippen LogP contribution in [0.15, 0.2) is 17.0 Å². The molecule has 26 heavy (non-hydrogen) atoms. The van der Waals surface area contributed by atoms with E-state index >= 15 is 0 Å². The van der Waals surface area contributed by atoms with Gasteiger partial charge in [0, 0.05) is 11.3 Å². The molecule has 0 bridgehead atoms. The first-order valence-electron chi connectivity index (χ1n) is 8.36. The SMILES string of the molecule is CC(Sc1cc(NC(=O)CC(C)(C)C)c(F)cc1Cl)C(=O)OC(C)(C)C. The van der Waals surface area contributed by atoms with Gasteiger partial charge in [-0.25, -0.2) is 4.39 Å². The molecule has 0 aromatic heterocycles. The van der Waals surface area contributed by atoms with E-state index in [0.717, 1.165) is 17.8 Å². The third kappa shape index (κ3) is 7.96. The lowest BCUT2D eigenvalue weighted by Gasteiger charge is -2.22. The number of hydrogen-bond donors (Lipinski definition) is 1. The number of carbonyl (C=O) groups is 2. The van der Waals surface area contributed by atoms with E-state index in [1.54, 1.807) is 27.7 Å². The number of thioether (sulfide) groups is 1. The van der Waals surface area contributed by atoms with Gasteiger partial charge in [-0.3, -0.25) is 9.59 Å². The first-order valence-corrected chi connectivity index (χ1v) is 9.62. The topological polar surface area (TPSA) is 55.4 Å². The summed E-state index contributed by atoms with van der Waals surface area (Å²) in [5.74, 6) is -1.29. The van der Waals surface area contributed by atoms with Gasteiger partial charge in [-0.2, -0.15) is 0 Å². The number of halogens is 2. The molecule has 0 aliphatic carbocycles. The van der Waals surface area contributed by atoms with Crippen molar-refractivity contribution in [3.8, 4) is 0 Å². The van der Waals surface area contributed by atoms with Crippen molar-refractivity contribution in [2.75, 3.05) is 5.32 Å². The van der Waals surface area contributed by atoms with Crippen molar-refractivity contribution in [2.24, 2.45) is 5.41 Å². The first-order chi connectivity index (χ1) is 11.7. The summed E-state index contributed by atoms with van der Waals surface area (Å²) in [6.45, 7) is 12.8. The van der Waals surface area contributed by atoms with E-state index in [2.05, 4.69) is 5.32 Å². The Bertz CT molecular complexity index is 681. The molecule has 0 aliphatic heterocycles. The van der Waals surface area contributed by atoms with Gasteiger partial charge in [0.25, 0.3) is 0 Å². The standard InChI is InChI=1S/C19H27ClFNO3S/c1-11(17(24)25-19(5,6)7)26-15-9-14(13(21)8-12(15)20)22-16(23)10-18(2,3)4/h8-9,11H,10H2,1-7H3,(H,22,23). The highest BCUT2D eigenvalue weighted by atomic mass is 35.5. The molecular weight excluding hydrogens is 377 g/mol. The third-order valence-electron chi connectivity index (χ3n) is 3.03. The van der Waals surface area contributed by atoms with Crippen LogP contribution in [0.1, 0.15) is 54.9 Å². The molecule has 1 aromatic carbocycles. The van der Waals surface area contributed by atoms with Gasteiger partial charge in [0.05, 0.1) is 10.7 Å². The quantitative estimate of drug-likeness (QED) is 0.507. The molecule has 1 unspecified atom stereocenters. The van der Waals surface area contributed by atoms with E-state index in [1.807, 2.05) is 20.8 Å². The van der Waals surface area contributed by atoms with Gasteiger partial charge >= 0.3 is 5.97 Å². The van der Waals surface area contributed by atoms with Crippen LogP contribution in [0.25, 0.3) is 0 Å². The molecule has 0 heterocycles. The maximum atomic E-state index is 14.1. The number of esters is 1. The zero-order valence-electron chi connectivity index (χ0n) is 16.3. The second-order valence-corrected chi connectivity index (χ2v) is 10.1. The minimum atomic E-state index is -0.619. The van der Waals surface area contributed by atoms with Gasteiger partial charge in [-0.15, -0.1) is 11.8 Å². The van der Waals surface area contributed by atoms with Gasteiger partial charge in [0.15, 0.2) is 0 Å². The van der Waals surface area contributed by atoms with Crippen LogP contribution in [0, 0.1) is 11.2 Å². The van der Waals surface area contributed by atoms with Crippen molar-refractivity contribution in [3.63, 3.8) is 0 Å². The minimum Gasteiger partial charge on any atom is -0.459 e. The van der Waals surface area contributed by atoms with Gasteiger partial charge in [0.2, 0.25) is 5.91 Å². The summed E-state index contributed by atoms with van der Waals surface area (Å²) < 4.78 is 19.5. The fraction of sp³-hybridized carbons (Fsp3) is 0.579. The van der Waals surface area contributed by atoms with E-state index in [4.69, 9.17) is 16.3 Å². The van der Waals surface area contributed by atoms with Crippen LogP contribution in [0.3, 0.4) is 0 Å². The third-order valence-corrected chi connectivity index (χ3v) is 4.59. The smallest absolute Gasteiger partial charge is 0.319 e. The molecule has 1 rings (SSSR count). The molecule has 146 valence electrons. The van der Waals surface area contributed by atoms with E-state index < -0.39 is 16.7 Å². The van der Waals surface area contributed by atoms with E-state index in [9.17, 15) is 14.0 Å². The van der Waals surface area contributed by atoms with Crippen molar-refractivity contribution >= 4 is 40.9 Å². The largest absolute Gasteiger partial charge is 0.459 e. The average molecular weight is 404 g/mol. The van der Waals surface area contributed by atoms with E-state index in [1.165, 1.54) is 6.07 Å². The maximum absolute atomic E-state index is 14.1. The minimum absolute atomic E-state index is 0.0440. The Balaban J connectivity index is 2.93. The monoisotopic (exact) mass is 403 g/mol. The van der Waals surface area contributed by atoms with Crippen molar-refractivity contribution in [1.29, 1.82) is 0 Å². The highest BCUT2D eigenvalue weighted by Gasteiger charge is 2.24. The molecule has 0 fully saturated rings. The summed E-state index contributed by atoms with van der Waals surface area (Å²) >= 11 is 7.26. The molecule has 0 spiro atoms. The van der Waals surface area contributed by atoms with Gasteiger partial charge in [-0.1, -0.05) is 32.4 Å². The first kappa shape index (κ1) is 22.8. The lowest BCUT2D eigenvalue weighted by molar-refractivity contribution is -0.153. The van der Waals surface area contributed by atoms with Gasteiger partial charge in [0.1, 0.15) is 16.7 Å². The fourth-order valence-electron chi connectivity index (χ4n) is 2.01. The van der Waals surface area contributed by atoms with E-state index in [0.29, 0.717) is 4.90 Å². The Kier molecular flexibility index (Phi) is 7.54. The van der Waals surface area contributed by atoms with Crippen molar-refractivity contribution in [3.05, 3.63) is 23.0 Å². The molecule has 0 radical (unpaired) electrons. The highest BCUT2D eigenvalue weighted by Crippen LogP contribution is 2.35. The van der Waals surface area contributed by atoms with Crippen molar-refractivity contribution < 1.29 is 18.7 Å². The lowest BCUT2D eigenvalue weighted by Crippen LogP contribution is -2.28. The van der Waals surface area contributed by atoms with Crippen LogP contribution in [-0.2, 0) is 14.3 Å². The van der Waals surface area contributed by atoms with Crippen LogP contribution in [0.2, 0.25) is 5.02 Å². The van der Waals surface area contributed by atoms with Gasteiger partial charge < -0.3 is 10.1 Å². The second kappa shape index (κ2) is 8.61. The number of ether oxygens (including phenoxy) is 1. The number of anilines is 1. The number of benzene rings is 1. The Morgan fingerprint density at radius 3 is 2.31 bits per heavy atom. The number of rotatable bonds is 5. The van der Waals surface area contributed by atoms with Crippen molar-refractivity contribution in [2.45, 2.75) is 70.6 Å². The van der Waals surface area contributed by atoms with Crippen molar-refractivity contribution in [1.82, 2.24) is 0 Å². The fourth-order valence-corrected chi connectivity index (χ4v) is 3.18. The maximum Gasteiger partial charge on any atom is 0.319 e. The molecule has 0 aliphatic rings. The molecular formula is C19H27ClFNO3S. The van der Waals surface area contributed by atoms with Crippen LogP contribution >= 0.6 is 23.4 Å². The summed E-state index contributed by atoms with van der Waals surface area (Å²) in [5, 5.41) is 2.22. The predicted octanol–water partition coefficient (Wildman–Crippen LogP) is 5.68. The van der Waals surface area contributed by atoms with E-state index in [-0.39, 0.29) is 34.4 Å². The predicted molar refractivity (Wildman–Crippen MR) is 105 cm³/mol. The summed E-state index contributed by atoms with van der Waals surface area (Å²) in [7, 11) is 0. The molecule has 0 saturated heterocycles. The molecule has 1 aromatic rings. The second-order valence-electron chi connectivity index (χ2n) is 8.34. The van der Waals surface area contributed by atoms with Crippen LogP contribution in [0.4, 0.5) is 10.1 Å². The molecule has 1 N–H and O–H groups in total. The molecule has 4 nitrogen and oxygen atoms in total. The Labute approximate surface area is 164 Å². The van der Waals surface area contributed by atoms with Crippen LogP contribution < -0.4 is 5.32 Å². The Morgan fingerprint density at radius 2 is 1.81 bits per heavy atom. The number of nitrogens with one attached hydrogen (secondary N) is 1. The summed E-state index contributed by atoms with van der Waals surface area (Å²) in [6.07, 6.45) is 0.256.